The Hall–Kier alpha value is -3.98. The molecule has 0 aliphatic heterocycles. The highest BCUT2D eigenvalue weighted by molar-refractivity contribution is 7.08. The first-order valence-electron chi connectivity index (χ1n) is 9.75. The summed E-state index contributed by atoms with van der Waals surface area (Å²) < 4.78 is 3.76. The largest absolute Gasteiger partial charge is 0.369 e. The Kier molecular flexibility index (Phi) is 8.26. The monoisotopic (exact) mass is 562 g/mol. The summed E-state index contributed by atoms with van der Waals surface area (Å²) in [6.07, 6.45) is 4.98. The molecule has 0 aliphatic carbocycles. The Bertz CT molecular complexity index is 1590. The maximum Gasteiger partial charge on any atom is 0.221 e. The van der Waals surface area contributed by atoms with E-state index in [1.807, 2.05) is 54.7 Å². The number of fused-ring (bicyclic) bond motifs is 3. The molecular weight excluding hydrogens is 543 g/mol. The highest BCUT2D eigenvalue weighted by Gasteiger charge is 2.20. The molecule has 0 aromatic carbocycles. The van der Waals surface area contributed by atoms with E-state index in [2.05, 4.69) is 20.4 Å². The van der Waals surface area contributed by atoms with Gasteiger partial charge in [-0.25, -0.2) is 9.97 Å². The van der Waals surface area contributed by atoms with Gasteiger partial charge in [0.15, 0.2) is 0 Å². The number of nitrogens with zero attached hydrogens (tertiary/aromatic N) is 8. The minimum Gasteiger partial charge on any atom is -0.369 e. The highest BCUT2D eigenvalue weighted by atomic mass is 35.5. The Balaban J connectivity index is 0.00000180. The zero-order valence-electron chi connectivity index (χ0n) is 18.3. The van der Waals surface area contributed by atoms with Crippen molar-refractivity contribution in [2.45, 2.75) is 0 Å². The standard InChI is InChI=1S/C20H18N12S2.2ClH/c21-18(22)29-25-7-13-16(11-2-5-33-9-11)28-20-31(13)4-1-15-27-17(12-3-6-34-10-12)14(32(15)20)8-26-30-19(23)24;;/h1-10H,(H4,21,22,29)(H4,23,24,30);2*1H/b25-7+,26-8+;;. The van der Waals surface area contributed by atoms with Crippen LogP contribution in [0.4, 0.5) is 0 Å². The van der Waals surface area contributed by atoms with Crippen molar-refractivity contribution in [2.24, 2.45) is 43.3 Å². The Morgan fingerprint density at radius 1 is 0.778 bits per heavy atom. The second-order valence-electron chi connectivity index (χ2n) is 6.93. The quantitative estimate of drug-likeness (QED) is 0.139. The van der Waals surface area contributed by atoms with Crippen LogP contribution in [0.5, 0.6) is 0 Å². The summed E-state index contributed by atoms with van der Waals surface area (Å²) >= 11 is 3.14. The Morgan fingerprint density at radius 2 is 1.33 bits per heavy atom. The van der Waals surface area contributed by atoms with Crippen molar-refractivity contribution in [3.8, 4) is 22.5 Å². The van der Waals surface area contributed by atoms with Crippen LogP contribution in [0.1, 0.15) is 11.4 Å². The first-order chi connectivity index (χ1) is 16.5. The van der Waals surface area contributed by atoms with Gasteiger partial charge in [-0.15, -0.1) is 35.0 Å². The number of halogens is 2. The molecule has 16 heteroatoms. The number of nitrogens with two attached hydrogens (primary N) is 4. The van der Waals surface area contributed by atoms with E-state index in [1.54, 1.807) is 35.1 Å². The fourth-order valence-electron chi connectivity index (χ4n) is 3.42. The van der Waals surface area contributed by atoms with Crippen LogP contribution in [0, 0.1) is 0 Å². The summed E-state index contributed by atoms with van der Waals surface area (Å²) in [6.45, 7) is 0. The van der Waals surface area contributed by atoms with Crippen molar-refractivity contribution >= 4 is 83.3 Å². The molecule has 5 aromatic rings. The SMILES string of the molecule is Cl.Cl.NC(N)=N/N=C/c1c(-c2ccsc2)nc2n1ccc1nc(-c3ccsc3)c(/C=N/N=C(N)N)n12. The van der Waals surface area contributed by atoms with Gasteiger partial charge < -0.3 is 22.9 Å². The van der Waals surface area contributed by atoms with Crippen LogP contribution in [-0.4, -0.2) is 43.1 Å². The highest BCUT2D eigenvalue weighted by Crippen LogP contribution is 2.30. The molecule has 0 fully saturated rings. The van der Waals surface area contributed by atoms with Gasteiger partial charge in [0.05, 0.1) is 29.5 Å². The number of rotatable bonds is 6. The van der Waals surface area contributed by atoms with E-state index in [1.165, 1.54) is 0 Å². The van der Waals surface area contributed by atoms with Gasteiger partial charge in [0.2, 0.25) is 17.7 Å². The van der Waals surface area contributed by atoms with Crippen LogP contribution in [0.25, 0.3) is 33.9 Å². The second kappa shape index (κ2) is 11.2. The van der Waals surface area contributed by atoms with Crippen LogP contribution in [0.15, 0.2) is 66.3 Å². The molecule has 0 amide bonds. The van der Waals surface area contributed by atoms with Gasteiger partial charge in [-0.05, 0) is 29.0 Å². The molecule has 186 valence electrons. The van der Waals surface area contributed by atoms with E-state index < -0.39 is 0 Å². The number of hydrogen-bond acceptors (Lipinski definition) is 8. The lowest BCUT2D eigenvalue weighted by Gasteiger charge is -2.02. The second-order valence-corrected chi connectivity index (χ2v) is 8.49. The van der Waals surface area contributed by atoms with Crippen molar-refractivity contribution in [2.75, 3.05) is 0 Å². The predicted molar refractivity (Wildman–Crippen MR) is 152 cm³/mol. The molecule has 0 radical (unpaired) electrons. The number of hydrogen-bond donors (Lipinski definition) is 4. The van der Waals surface area contributed by atoms with Crippen molar-refractivity contribution in [3.63, 3.8) is 0 Å². The smallest absolute Gasteiger partial charge is 0.221 e. The van der Waals surface area contributed by atoms with Crippen molar-refractivity contribution in [1.82, 2.24) is 18.8 Å². The molecule has 36 heavy (non-hydrogen) atoms. The van der Waals surface area contributed by atoms with Crippen LogP contribution in [-0.2, 0) is 0 Å². The summed E-state index contributed by atoms with van der Waals surface area (Å²) in [4.78, 5) is 9.74. The third-order valence-electron chi connectivity index (χ3n) is 4.74. The van der Waals surface area contributed by atoms with E-state index in [-0.39, 0.29) is 36.7 Å². The number of aromatic nitrogens is 4. The van der Waals surface area contributed by atoms with Crippen molar-refractivity contribution < 1.29 is 0 Å². The van der Waals surface area contributed by atoms with Gasteiger partial charge in [-0.1, -0.05) is 0 Å². The molecule has 0 aliphatic rings. The zero-order chi connectivity index (χ0) is 23.7. The lowest BCUT2D eigenvalue weighted by molar-refractivity contribution is 1.05. The fraction of sp³-hybridized carbons (Fsp3) is 0. The number of guanidine groups is 2. The minimum absolute atomic E-state index is 0. The van der Waals surface area contributed by atoms with E-state index in [9.17, 15) is 0 Å². The van der Waals surface area contributed by atoms with Gasteiger partial charge in [0.1, 0.15) is 11.3 Å². The molecule has 0 atom stereocenters. The molecule has 5 aromatic heterocycles. The molecule has 0 saturated heterocycles. The van der Waals surface area contributed by atoms with Gasteiger partial charge in [0.25, 0.3) is 0 Å². The Labute approximate surface area is 224 Å². The fourth-order valence-corrected chi connectivity index (χ4v) is 4.70. The first kappa shape index (κ1) is 26.6. The third-order valence-corrected chi connectivity index (χ3v) is 6.10. The van der Waals surface area contributed by atoms with Gasteiger partial charge >= 0.3 is 0 Å². The van der Waals surface area contributed by atoms with Crippen LogP contribution in [0.2, 0.25) is 0 Å². The van der Waals surface area contributed by atoms with Crippen LogP contribution >= 0.6 is 47.5 Å². The van der Waals surface area contributed by atoms with E-state index in [0.29, 0.717) is 28.5 Å². The minimum atomic E-state index is -0.147. The maximum absolute atomic E-state index is 5.45. The lowest BCUT2D eigenvalue weighted by atomic mass is 10.2. The molecule has 0 unspecified atom stereocenters. The van der Waals surface area contributed by atoms with Gasteiger partial charge in [-0.2, -0.15) is 32.9 Å². The molecule has 8 N–H and O–H groups in total. The van der Waals surface area contributed by atoms with Crippen molar-refractivity contribution in [3.05, 3.63) is 57.3 Å². The molecule has 0 bridgehead atoms. The van der Waals surface area contributed by atoms with Crippen LogP contribution < -0.4 is 22.9 Å². The summed E-state index contributed by atoms with van der Waals surface area (Å²) in [7, 11) is 0. The summed E-state index contributed by atoms with van der Waals surface area (Å²) in [6, 6.07) is 5.84. The van der Waals surface area contributed by atoms with E-state index >= 15 is 0 Å². The lowest BCUT2D eigenvalue weighted by Crippen LogP contribution is -2.21. The molecule has 5 rings (SSSR count). The topological polar surface area (TPSA) is 188 Å². The average Bonchev–Trinajstić information content (AvgIpc) is 3.58. The van der Waals surface area contributed by atoms with E-state index in [4.69, 9.17) is 32.9 Å². The predicted octanol–water partition coefficient (Wildman–Crippen LogP) is 2.50. The molecular formula is C20H20Cl2N12S2. The summed E-state index contributed by atoms with van der Waals surface area (Å²) in [5.41, 5.74) is 27.1. The normalized spacial score (nSPS) is 11.1. The zero-order valence-corrected chi connectivity index (χ0v) is 21.6. The van der Waals surface area contributed by atoms with Crippen molar-refractivity contribution in [1.29, 1.82) is 0 Å². The van der Waals surface area contributed by atoms with Gasteiger partial charge in [0, 0.05) is 28.1 Å². The summed E-state index contributed by atoms with van der Waals surface area (Å²) in [5.74, 6) is 0.300. The number of thiophene rings is 2. The van der Waals surface area contributed by atoms with Crippen LogP contribution in [0.3, 0.4) is 0 Å². The first-order valence-corrected chi connectivity index (χ1v) is 11.6. The Morgan fingerprint density at radius 3 is 1.86 bits per heavy atom. The van der Waals surface area contributed by atoms with E-state index in [0.717, 1.165) is 16.8 Å². The molecule has 0 spiro atoms. The average molecular weight is 564 g/mol. The molecule has 0 saturated carbocycles. The number of imidazole rings is 2. The molecule has 12 nitrogen and oxygen atoms in total. The van der Waals surface area contributed by atoms with Gasteiger partial charge in [-0.3, -0.25) is 8.80 Å². The maximum atomic E-state index is 5.45. The summed E-state index contributed by atoms with van der Waals surface area (Å²) in [5, 5.41) is 23.5. The third kappa shape index (κ3) is 5.01. The molecule has 5 heterocycles.